The number of aromatic nitrogens is 1. The van der Waals surface area contributed by atoms with E-state index in [9.17, 15) is 0 Å². The van der Waals surface area contributed by atoms with Crippen LogP contribution >= 0.6 is 0 Å². The van der Waals surface area contributed by atoms with Crippen LogP contribution in [0.2, 0.25) is 0 Å². The molecule has 34 heavy (non-hydrogen) atoms. The topological polar surface area (TPSA) is 20.2 Å². The highest BCUT2D eigenvalue weighted by molar-refractivity contribution is 5.85. The molecule has 2 aliphatic rings. The number of rotatable bonds is 10. The third-order valence-electron chi connectivity index (χ3n) is 8.20. The fourth-order valence-electron chi connectivity index (χ4n) is 6.36. The highest BCUT2D eigenvalue weighted by Gasteiger charge is 2.23. The quantitative estimate of drug-likeness (QED) is 0.329. The van der Waals surface area contributed by atoms with Gasteiger partial charge in [0.15, 0.2) is 0 Å². The number of nitrogens with one attached hydrogen (secondary N) is 1. The van der Waals surface area contributed by atoms with Crippen LogP contribution in [0.4, 0.5) is 0 Å². The van der Waals surface area contributed by atoms with Crippen LogP contribution in [0.3, 0.4) is 0 Å². The second kappa shape index (κ2) is 11.6. The maximum absolute atomic E-state index is 3.78. The average Bonchev–Trinajstić information content (AvgIpc) is 3.52. The van der Waals surface area contributed by atoms with Crippen molar-refractivity contribution in [3.63, 3.8) is 0 Å². The third-order valence-corrected chi connectivity index (χ3v) is 8.20. The summed E-state index contributed by atoms with van der Waals surface area (Å²) in [5, 5.41) is 5.23. The largest absolute Gasteiger partial charge is 0.344 e. The van der Waals surface area contributed by atoms with E-state index >= 15 is 0 Å². The molecule has 0 radical (unpaired) electrons. The first-order chi connectivity index (χ1) is 16.8. The van der Waals surface area contributed by atoms with Crippen molar-refractivity contribution in [3.05, 3.63) is 71.4 Å². The Balaban J connectivity index is 1.34. The highest BCUT2D eigenvalue weighted by atomic mass is 15.1. The van der Waals surface area contributed by atoms with Crippen LogP contribution in [-0.4, -0.2) is 42.2 Å². The van der Waals surface area contributed by atoms with Crippen molar-refractivity contribution in [2.45, 2.75) is 76.7 Å². The van der Waals surface area contributed by atoms with Gasteiger partial charge >= 0.3 is 0 Å². The molecule has 0 bridgehead atoms. The predicted molar refractivity (Wildman–Crippen MR) is 145 cm³/mol. The first-order valence-corrected chi connectivity index (χ1v) is 13.9. The van der Waals surface area contributed by atoms with Crippen molar-refractivity contribution in [2.24, 2.45) is 0 Å². The molecule has 2 fully saturated rings. The van der Waals surface area contributed by atoms with Crippen LogP contribution in [-0.2, 0) is 0 Å². The number of likely N-dealkylation sites (tertiary alicyclic amines) is 1. The number of hydrogen-bond acceptors (Lipinski definition) is 2. The summed E-state index contributed by atoms with van der Waals surface area (Å²) in [4.78, 5) is 2.62. The number of benzene rings is 2. The number of nitrogens with zero attached hydrogens (tertiary/aromatic N) is 2. The molecule has 0 spiro atoms. The van der Waals surface area contributed by atoms with Gasteiger partial charge in [0.05, 0.1) is 0 Å². The molecule has 1 aliphatic carbocycles. The Kier molecular flexibility index (Phi) is 8.03. The first kappa shape index (κ1) is 23.6. The monoisotopic (exact) mass is 457 g/mol. The van der Waals surface area contributed by atoms with E-state index in [2.05, 4.69) is 76.4 Å². The Bertz CT molecular complexity index is 1040. The van der Waals surface area contributed by atoms with Crippen LogP contribution < -0.4 is 5.32 Å². The van der Waals surface area contributed by atoms with Gasteiger partial charge in [0, 0.05) is 29.1 Å². The minimum absolute atomic E-state index is 0.431. The predicted octanol–water partition coefficient (Wildman–Crippen LogP) is 7.05. The van der Waals surface area contributed by atoms with E-state index in [4.69, 9.17) is 0 Å². The lowest BCUT2D eigenvalue weighted by atomic mass is 9.87. The van der Waals surface area contributed by atoms with Gasteiger partial charge in [-0.1, -0.05) is 67.3 Å². The van der Waals surface area contributed by atoms with Gasteiger partial charge in [-0.2, -0.15) is 0 Å². The molecule has 1 saturated heterocycles. The molecule has 1 unspecified atom stereocenters. The lowest BCUT2D eigenvalue weighted by Crippen LogP contribution is -2.26. The average molecular weight is 458 g/mol. The zero-order valence-corrected chi connectivity index (χ0v) is 21.1. The van der Waals surface area contributed by atoms with Crippen molar-refractivity contribution in [1.29, 1.82) is 0 Å². The minimum atomic E-state index is 0.431. The molecule has 1 saturated carbocycles. The van der Waals surface area contributed by atoms with Gasteiger partial charge in [-0.05, 0) is 95.4 Å². The van der Waals surface area contributed by atoms with Gasteiger partial charge in [-0.15, -0.1) is 0 Å². The lowest BCUT2D eigenvalue weighted by molar-refractivity contribution is 0.331. The molecule has 1 aliphatic heterocycles. The molecule has 0 amide bonds. The highest BCUT2D eigenvalue weighted by Crippen LogP contribution is 2.38. The Morgan fingerprint density at radius 3 is 2.56 bits per heavy atom. The van der Waals surface area contributed by atoms with Crippen LogP contribution in [0.25, 0.3) is 10.9 Å². The molecule has 1 N–H and O–H groups in total. The normalized spacial score (nSPS) is 18.6. The van der Waals surface area contributed by atoms with Crippen molar-refractivity contribution in [2.75, 3.05) is 32.7 Å². The molecule has 3 nitrogen and oxygen atoms in total. The Hall–Kier alpha value is -2.10. The third kappa shape index (κ3) is 5.58. The van der Waals surface area contributed by atoms with Crippen molar-refractivity contribution in [3.8, 4) is 0 Å². The van der Waals surface area contributed by atoms with E-state index in [1.807, 2.05) is 0 Å². The Morgan fingerprint density at radius 2 is 1.74 bits per heavy atom. The molecular weight excluding hydrogens is 414 g/mol. The van der Waals surface area contributed by atoms with Crippen molar-refractivity contribution in [1.82, 2.24) is 14.8 Å². The summed E-state index contributed by atoms with van der Waals surface area (Å²) >= 11 is 0. The van der Waals surface area contributed by atoms with Gasteiger partial charge in [-0.25, -0.2) is 0 Å². The summed E-state index contributed by atoms with van der Waals surface area (Å²) in [6, 6.07) is 19.0. The van der Waals surface area contributed by atoms with Crippen molar-refractivity contribution >= 4 is 10.9 Å². The van der Waals surface area contributed by atoms with Gasteiger partial charge in [0.2, 0.25) is 0 Å². The first-order valence-electron chi connectivity index (χ1n) is 13.9. The van der Waals surface area contributed by atoms with Crippen LogP contribution in [0.15, 0.2) is 54.7 Å². The summed E-state index contributed by atoms with van der Waals surface area (Å²) in [5.74, 6) is 0.431. The molecule has 3 heteroatoms. The second-order valence-corrected chi connectivity index (χ2v) is 10.7. The van der Waals surface area contributed by atoms with E-state index in [1.54, 1.807) is 0 Å². The van der Waals surface area contributed by atoms with Crippen LogP contribution in [0.5, 0.6) is 0 Å². The van der Waals surface area contributed by atoms with Crippen molar-refractivity contribution < 1.29 is 0 Å². The maximum Gasteiger partial charge on any atom is 0.0485 e. The fourth-order valence-corrected chi connectivity index (χ4v) is 6.36. The number of para-hydroxylation sites is 1. The molecule has 1 aromatic heterocycles. The summed E-state index contributed by atoms with van der Waals surface area (Å²) in [5.41, 5.74) is 5.77. The van der Waals surface area contributed by atoms with E-state index in [0.717, 1.165) is 19.5 Å². The smallest absolute Gasteiger partial charge is 0.0485 e. The van der Waals surface area contributed by atoms with E-state index in [-0.39, 0.29) is 0 Å². The zero-order valence-electron chi connectivity index (χ0n) is 21.1. The van der Waals surface area contributed by atoms with E-state index in [0.29, 0.717) is 12.0 Å². The van der Waals surface area contributed by atoms with Gasteiger partial charge in [0.1, 0.15) is 0 Å². The SMILES string of the molecule is Cc1cccc(C(CCNCCCN2CCCC2)c2cn(C3CCCCC3)c3ccccc23)c1. The second-order valence-electron chi connectivity index (χ2n) is 10.7. The standard InChI is InChI=1S/C31H43N3/c1-25-11-9-12-26(23-25)28(17-19-32-18-10-22-33-20-7-8-21-33)30-24-34(27-13-3-2-4-14-27)31-16-6-5-15-29(30)31/h5-6,9,11-12,15-16,23-24,27-28,32H,2-4,7-8,10,13-14,17-22H2,1H3. The van der Waals surface area contributed by atoms with Crippen LogP contribution in [0, 0.1) is 6.92 Å². The zero-order chi connectivity index (χ0) is 23.2. The van der Waals surface area contributed by atoms with Gasteiger partial charge in [-0.3, -0.25) is 0 Å². The number of fused-ring (bicyclic) bond motifs is 1. The maximum atomic E-state index is 3.78. The molecule has 2 aromatic carbocycles. The Labute approximate surface area is 206 Å². The molecule has 182 valence electrons. The Morgan fingerprint density at radius 1 is 0.912 bits per heavy atom. The van der Waals surface area contributed by atoms with Gasteiger partial charge in [0.25, 0.3) is 0 Å². The molecule has 1 atom stereocenters. The molecular formula is C31H43N3. The summed E-state index contributed by atoms with van der Waals surface area (Å²) < 4.78 is 2.64. The minimum Gasteiger partial charge on any atom is -0.344 e. The van der Waals surface area contributed by atoms with E-state index < -0.39 is 0 Å². The molecule has 3 aromatic rings. The van der Waals surface area contributed by atoms with Gasteiger partial charge < -0.3 is 14.8 Å². The van der Waals surface area contributed by atoms with Crippen LogP contribution in [0.1, 0.15) is 86.4 Å². The van der Waals surface area contributed by atoms with E-state index in [1.165, 1.54) is 98.6 Å². The number of aryl methyl sites for hydroxylation is 1. The lowest BCUT2D eigenvalue weighted by Gasteiger charge is -2.24. The molecule has 5 rings (SSSR count). The fraction of sp³-hybridized carbons (Fsp3) is 0.548. The summed E-state index contributed by atoms with van der Waals surface area (Å²) in [6.45, 7) is 8.29. The summed E-state index contributed by atoms with van der Waals surface area (Å²) in [6.07, 6.45) is 14.5. The summed E-state index contributed by atoms with van der Waals surface area (Å²) in [7, 11) is 0. The number of hydrogen-bond donors (Lipinski definition) is 1. The molecule has 2 heterocycles.